The van der Waals surface area contributed by atoms with Crippen LogP contribution in [0.15, 0.2) is 78.9 Å². The lowest BCUT2D eigenvalue weighted by molar-refractivity contribution is -0.207. The van der Waals surface area contributed by atoms with Gasteiger partial charge in [-0.3, -0.25) is 4.79 Å². The van der Waals surface area contributed by atoms with E-state index < -0.39 is 29.8 Å². The first-order valence-corrected chi connectivity index (χ1v) is 10.3. The zero-order chi connectivity index (χ0) is 24.0. The molecule has 3 aromatic carbocycles. The van der Waals surface area contributed by atoms with Gasteiger partial charge in [-0.25, -0.2) is 0 Å². The minimum Gasteiger partial charge on any atom is -0.481 e. The van der Waals surface area contributed by atoms with Gasteiger partial charge in [-0.05, 0) is 47.5 Å². The summed E-state index contributed by atoms with van der Waals surface area (Å²) in [6.07, 6.45) is -3.35. The topological polar surface area (TPSA) is 79.5 Å². The number of halogens is 2. The van der Waals surface area contributed by atoms with E-state index in [0.717, 1.165) is 0 Å². The van der Waals surface area contributed by atoms with Gasteiger partial charge in [-0.2, -0.15) is 14.0 Å². The minimum absolute atomic E-state index is 0.0856. The molecule has 2 atom stereocenters. The second-order valence-corrected chi connectivity index (χ2v) is 7.79. The van der Waals surface area contributed by atoms with Crippen LogP contribution in [0.2, 0.25) is 0 Å². The quantitative estimate of drug-likeness (QED) is 0.397. The number of carboxylic acids is 1. The Morgan fingerprint density at radius 3 is 1.91 bits per heavy atom. The Labute approximate surface area is 190 Å². The van der Waals surface area contributed by atoms with E-state index in [4.69, 9.17) is 9.47 Å². The van der Waals surface area contributed by atoms with E-state index >= 15 is 0 Å². The summed E-state index contributed by atoms with van der Waals surface area (Å²) in [4.78, 5) is 12.1. The van der Waals surface area contributed by atoms with Gasteiger partial charge in [0.25, 0.3) is 0 Å². The lowest BCUT2D eigenvalue weighted by Crippen LogP contribution is -2.31. The van der Waals surface area contributed by atoms with Crippen molar-refractivity contribution in [3.05, 3.63) is 90.0 Å². The summed E-state index contributed by atoms with van der Waals surface area (Å²) in [6, 6.07) is 23.2. The van der Waals surface area contributed by atoms with Crippen molar-refractivity contribution in [3.8, 4) is 23.3 Å². The minimum atomic E-state index is -3.35. The van der Waals surface area contributed by atoms with Gasteiger partial charge in [0, 0.05) is 0 Å². The third-order valence-electron chi connectivity index (χ3n) is 5.12. The molecule has 0 amide bonds. The molecule has 0 fully saturated rings. The SMILES string of the molecule is CC(C)C(F)(F)Oc1ccc(C(C(=O)O)C(C#N)c2ccc(Oc3ccccc3)cc2)cc1. The van der Waals surface area contributed by atoms with Gasteiger partial charge in [-0.1, -0.05) is 56.3 Å². The van der Waals surface area contributed by atoms with Crippen molar-refractivity contribution >= 4 is 5.97 Å². The number of hydrogen-bond donors (Lipinski definition) is 1. The summed E-state index contributed by atoms with van der Waals surface area (Å²) in [7, 11) is 0. The Balaban J connectivity index is 1.81. The van der Waals surface area contributed by atoms with Crippen molar-refractivity contribution in [3.63, 3.8) is 0 Å². The smallest absolute Gasteiger partial charge is 0.400 e. The predicted molar refractivity (Wildman–Crippen MR) is 119 cm³/mol. The van der Waals surface area contributed by atoms with Crippen LogP contribution in [0.25, 0.3) is 0 Å². The fourth-order valence-electron chi connectivity index (χ4n) is 3.21. The molecule has 33 heavy (non-hydrogen) atoms. The second kappa shape index (κ2) is 10.1. The van der Waals surface area contributed by atoms with Gasteiger partial charge in [0.2, 0.25) is 0 Å². The Kier molecular flexibility index (Phi) is 7.29. The van der Waals surface area contributed by atoms with Crippen LogP contribution < -0.4 is 9.47 Å². The summed E-state index contributed by atoms with van der Waals surface area (Å²) in [6.45, 7) is 2.67. The fraction of sp³-hybridized carbons (Fsp3) is 0.231. The first kappa shape index (κ1) is 23.7. The number of alkyl halides is 2. The highest BCUT2D eigenvalue weighted by molar-refractivity contribution is 5.78. The maximum Gasteiger partial charge on any atom is 0.400 e. The largest absolute Gasteiger partial charge is 0.481 e. The number of ether oxygens (including phenoxy) is 2. The number of carbonyl (C=O) groups is 1. The van der Waals surface area contributed by atoms with Gasteiger partial charge in [-0.15, -0.1) is 0 Å². The van der Waals surface area contributed by atoms with Gasteiger partial charge in [0.1, 0.15) is 23.2 Å². The number of nitrogens with zero attached hydrogens (tertiary/aromatic N) is 1. The van der Waals surface area contributed by atoms with Crippen LogP contribution in [0.5, 0.6) is 17.2 Å². The molecular weight excluding hydrogens is 428 g/mol. The molecule has 0 bridgehead atoms. The van der Waals surface area contributed by atoms with Gasteiger partial charge >= 0.3 is 12.1 Å². The number of carboxylic acid groups (broad SMARTS) is 1. The first-order valence-electron chi connectivity index (χ1n) is 10.3. The normalized spacial score (nSPS) is 13.1. The molecule has 0 radical (unpaired) electrons. The molecule has 0 saturated heterocycles. The molecule has 0 spiro atoms. The van der Waals surface area contributed by atoms with Gasteiger partial charge in [0.15, 0.2) is 0 Å². The van der Waals surface area contributed by atoms with Gasteiger partial charge in [0.05, 0.1) is 17.9 Å². The molecule has 0 aromatic heterocycles. The monoisotopic (exact) mass is 451 g/mol. The highest BCUT2D eigenvalue weighted by Gasteiger charge is 2.36. The highest BCUT2D eigenvalue weighted by atomic mass is 19.3. The first-order chi connectivity index (χ1) is 15.7. The van der Waals surface area contributed by atoms with Crippen LogP contribution in [0.3, 0.4) is 0 Å². The molecule has 7 heteroatoms. The number of nitriles is 1. The molecule has 0 saturated carbocycles. The summed E-state index contributed by atoms with van der Waals surface area (Å²) in [5, 5.41) is 19.6. The second-order valence-electron chi connectivity index (χ2n) is 7.79. The molecular formula is C26H23F2NO4. The van der Waals surface area contributed by atoms with Crippen LogP contribution in [-0.4, -0.2) is 17.2 Å². The fourth-order valence-corrected chi connectivity index (χ4v) is 3.21. The average molecular weight is 451 g/mol. The lowest BCUT2D eigenvalue weighted by Gasteiger charge is -2.22. The molecule has 170 valence electrons. The van der Waals surface area contributed by atoms with Crippen molar-refractivity contribution in [2.24, 2.45) is 5.92 Å². The van der Waals surface area contributed by atoms with Crippen molar-refractivity contribution in [1.29, 1.82) is 5.26 Å². The van der Waals surface area contributed by atoms with E-state index in [0.29, 0.717) is 22.6 Å². The van der Waals surface area contributed by atoms with Crippen LogP contribution in [0.1, 0.15) is 36.8 Å². The maximum absolute atomic E-state index is 13.8. The molecule has 0 aliphatic rings. The van der Waals surface area contributed by atoms with Crippen molar-refractivity contribution in [1.82, 2.24) is 0 Å². The van der Waals surface area contributed by atoms with Crippen molar-refractivity contribution < 1.29 is 28.2 Å². The molecule has 0 heterocycles. The zero-order valence-electron chi connectivity index (χ0n) is 18.1. The number of benzene rings is 3. The molecule has 1 N–H and O–H groups in total. The maximum atomic E-state index is 13.8. The average Bonchev–Trinajstić information content (AvgIpc) is 2.79. The molecule has 3 aromatic rings. The Bertz CT molecular complexity index is 1110. The molecule has 5 nitrogen and oxygen atoms in total. The van der Waals surface area contributed by atoms with Crippen LogP contribution in [0, 0.1) is 17.2 Å². The van der Waals surface area contributed by atoms with Crippen molar-refractivity contribution in [2.45, 2.75) is 31.8 Å². The lowest BCUT2D eigenvalue weighted by atomic mass is 9.82. The van der Waals surface area contributed by atoms with E-state index in [2.05, 4.69) is 6.07 Å². The van der Waals surface area contributed by atoms with E-state index in [1.807, 2.05) is 18.2 Å². The van der Waals surface area contributed by atoms with E-state index in [1.54, 1.807) is 36.4 Å². The standard InChI is InChI=1S/C26H23F2NO4/c1-17(2)26(27,28)33-22-14-10-19(11-15-22)24(25(30)31)23(16-29)18-8-12-21(13-9-18)32-20-6-4-3-5-7-20/h3-15,17,23-24H,1-2H3,(H,30,31). The van der Waals surface area contributed by atoms with E-state index in [9.17, 15) is 23.9 Å². The number of hydrogen-bond acceptors (Lipinski definition) is 4. The summed E-state index contributed by atoms with van der Waals surface area (Å²) < 4.78 is 38.1. The molecule has 3 rings (SSSR count). The third-order valence-corrected chi connectivity index (χ3v) is 5.12. The van der Waals surface area contributed by atoms with Crippen molar-refractivity contribution in [2.75, 3.05) is 0 Å². The van der Waals surface area contributed by atoms with Crippen LogP contribution >= 0.6 is 0 Å². The van der Waals surface area contributed by atoms with Gasteiger partial charge < -0.3 is 14.6 Å². The number of aliphatic carboxylic acids is 1. The predicted octanol–water partition coefficient (Wildman–Crippen LogP) is 6.58. The number of para-hydroxylation sites is 1. The summed E-state index contributed by atoms with van der Waals surface area (Å²) >= 11 is 0. The van der Waals surface area contributed by atoms with E-state index in [1.165, 1.54) is 38.1 Å². The molecule has 0 aliphatic carbocycles. The summed E-state index contributed by atoms with van der Waals surface area (Å²) in [5.41, 5.74) is 0.802. The molecule has 0 aliphatic heterocycles. The third kappa shape index (κ3) is 5.86. The van der Waals surface area contributed by atoms with Crippen LogP contribution in [0.4, 0.5) is 8.78 Å². The molecule has 2 unspecified atom stereocenters. The Hall–Kier alpha value is -3.92. The number of rotatable bonds is 9. The zero-order valence-corrected chi connectivity index (χ0v) is 18.1. The van der Waals surface area contributed by atoms with Crippen LogP contribution in [-0.2, 0) is 4.79 Å². The Morgan fingerprint density at radius 1 is 0.879 bits per heavy atom. The summed E-state index contributed by atoms with van der Waals surface area (Å²) in [5.74, 6) is -3.32. The van der Waals surface area contributed by atoms with E-state index in [-0.39, 0.29) is 5.75 Å². The Morgan fingerprint density at radius 2 is 1.39 bits per heavy atom. The highest BCUT2D eigenvalue weighted by Crippen LogP contribution is 2.36.